The van der Waals surface area contributed by atoms with Crippen molar-refractivity contribution >= 4 is 29.2 Å². The molecule has 244 valence electrons. The molecule has 2 aromatic rings. The molecule has 1 aromatic heterocycles. The SMILES string of the molecule is Cc1ccc2nc(C#CCCC[C@@H]3C[C@H]3OC(=O)N[C@H](C(=O)O)C(C)(C)C)c(O[C@@H]3C[C@@H](C)N(C(=O)OC(C)(C)C)C3)nc2c1. The van der Waals surface area contributed by atoms with Crippen molar-refractivity contribution in [3.63, 3.8) is 0 Å². The highest BCUT2D eigenvalue weighted by Gasteiger charge is 2.41. The van der Waals surface area contributed by atoms with Gasteiger partial charge in [0.25, 0.3) is 0 Å². The van der Waals surface area contributed by atoms with E-state index in [1.165, 1.54) is 0 Å². The Bertz CT molecular complexity index is 1480. The van der Waals surface area contributed by atoms with E-state index in [0.29, 0.717) is 36.5 Å². The first kappa shape index (κ1) is 33.8. The number of nitrogens with one attached hydrogen (secondary N) is 1. The molecule has 0 radical (unpaired) electrons. The van der Waals surface area contributed by atoms with Gasteiger partial charge in [-0.25, -0.2) is 24.4 Å². The number of hydrogen-bond acceptors (Lipinski definition) is 8. The number of amides is 2. The Kier molecular flexibility index (Phi) is 10.2. The maximum absolute atomic E-state index is 12.7. The third kappa shape index (κ3) is 9.46. The fourth-order valence-electron chi connectivity index (χ4n) is 5.32. The molecule has 0 unspecified atom stereocenters. The molecule has 2 fully saturated rings. The number of carbonyl (C=O) groups excluding carboxylic acids is 2. The summed E-state index contributed by atoms with van der Waals surface area (Å²) in [5.74, 6) is 5.83. The number of nitrogens with zero attached hydrogens (tertiary/aromatic N) is 3. The molecular weight excluding hydrogens is 576 g/mol. The summed E-state index contributed by atoms with van der Waals surface area (Å²) in [4.78, 5) is 47.7. The summed E-state index contributed by atoms with van der Waals surface area (Å²) < 4.78 is 17.4. The van der Waals surface area contributed by atoms with Gasteiger partial charge in [0.05, 0.1) is 17.6 Å². The lowest BCUT2D eigenvalue weighted by Crippen LogP contribution is -2.49. The lowest BCUT2D eigenvalue weighted by atomic mass is 9.87. The molecule has 1 saturated carbocycles. The van der Waals surface area contributed by atoms with Crippen LogP contribution in [0.15, 0.2) is 18.2 Å². The molecule has 5 atom stereocenters. The summed E-state index contributed by atoms with van der Waals surface area (Å²) in [5.41, 5.74) is 1.72. The molecule has 45 heavy (non-hydrogen) atoms. The monoisotopic (exact) mass is 622 g/mol. The number of unbranched alkanes of at least 4 members (excludes halogenated alkanes) is 1. The van der Waals surface area contributed by atoms with Crippen LogP contribution >= 0.6 is 0 Å². The zero-order chi connectivity index (χ0) is 33.1. The van der Waals surface area contributed by atoms with Crippen molar-refractivity contribution in [1.29, 1.82) is 0 Å². The first-order valence-corrected chi connectivity index (χ1v) is 15.6. The van der Waals surface area contributed by atoms with Gasteiger partial charge < -0.3 is 29.5 Å². The highest BCUT2D eigenvalue weighted by molar-refractivity contribution is 5.81. The van der Waals surface area contributed by atoms with E-state index in [1.54, 1.807) is 25.7 Å². The molecule has 1 aliphatic carbocycles. The van der Waals surface area contributed by atoms with Crippen LogP contribution in [0.5, 0.6) is 5.88 Å². The number of hydrogen-bond donors (Lipinski definition) is 2. The van der Waals surface area contributed by atoms with Crippen LogP contribution in [0, 0.1) is 30.1 Å². The van der Waals surface area contributed by atoms with Crippen LogP contribution < -0.4 is 10.1 Å². The molecule has 1 aromatic carbocycles. The van der Waals surface area contributed by atoms with Gasteiger partial charge >= 0.3 is 18.2 Å². The number of carboxylic acid groups (broad SMARTS) is 1. The molecule has 2 aliphatic rings. The summed E-state index contributed by atoms with van der Waals surface area (Å²) in [6, 6.07) is 4.77. The van der Waals surface area contributed by atoms with E-state index in [2.05, 4.69) is 17.2 Å². The molecule has 1 saturated heterocycles. The largest absolute Gasteiger partial charge is 0.480 e. The average Bonchev–Trinajstić information content (AvgIpc) is 3.53. The first-order chi connectivity index (χ1) is 21.0. The molecule has 0 bridgehead atoms. The van der Waals surface area contributed by atoms with Gasteiger partial charge in [0.2, 0.25) is 5.88 Å². The van der Waals surface area contributed by atoms with E-state index in [-0.39, 0.29) is 30.3 Å². The minimum absolute atomic E-state index is 0.0477. The number of ether oxygens (including phenoxy) is 3. The first-order valence-electron chi connectivity index (χ1n) is 15.6. The molecule has 2 heterocycles. The number of aromatic nitrogens is 2. The van der Waals surface area contributed by atoms with Crippen molar-refractivity contribution in [1.82, 2.24) is 20.2 Å². The number of rotatable bonds is 8. The number of likely N-dealkylation sites (tertiary alicyclic amines) is 1. The van der Waals surface area contributed by atoms with Crippen molar-refractivity contribution < 1.29 is 33.7 Å². The Labute approximate surface area is 265 Å². The van der Waals surface area contributed by atoms with Crippen LogP contribution in [0.3, 0.4) is 0 Å². The van der Waals surface area contributed by atoms with E-state index in [4.69, 9.17) is 24.2 Å². The zero-order valence-electron chi connectivity index (χ0n) is 27.6. The second kappa shape index (κ2) is 13.5. The van der Waals surface area contributed by atoms with E-state index in [9.17, 15) is 19.5 Å². The smallest absolute Gasteiger partial charge is 0.410 e. The molecule has 0 spiro atoms. The van der Waals surface area contributed by atoms with Crippen LogP contribution in [0.2, 0.25) is 0 Å². The fourth-order valence-corrected chi connectivity index (χ4v) is 5.32. The minimum Gasteiger partial charge on any atom is -0.480 e. The number of carbonyl (C=O) groups is 3. The van der Waals surface area contributed by atoms with Crippen molar-refractivity contribution in [2.75, 3.05) is 6.54 Å². The van der Waals surface area contributed by atoms with Crippen LogP contribution in [0.25, 0.3) is 11.0 Å². The van der Waals surface area contributed by atoms with Gasteiger partial charge in [-0.15, -0.1) is 0 Å². The predicted molar refractivity (Wildman–Crippen MR) is 169 cm³/mol. The Hall–Kier alpha value is -4.07. The highest BCUT2D eigenvalue weighted by atomic mass is 16.6. The zero-order valence-corrected chi connectivity index (χ0v) is 27.6. The van der Waals surface area contributed by atoms with Gasteiger partial charge in [0, 0.05) is 18.9 Å². The second-order valence-corrected chi connectivity index (χ2v) is 14.2. The lowest BCUT2D eigenvalue weighted by molar-refractivity contribution is -0.142. The van der Waals surface area contributed by atoms with Crippen molar-refractivity contribution in [2.24, 2.45) is 11.3 Å². The lowest BCUT2D eigenvalue weighted by Gasteiger charge is -2.27. The van der Waals surface area contributed by atoms with Gasteiger partial charge in [0.15, 0.2) is 5.69 Å². The van der Waals surface area contributed by atoms with Gasteiger partial charge in [0.1, 0.15) is 23.9 Å². The highest BCUT2D eigenvalue weighted by Crippen LogP contribution is 2.38. The topological polar surface area (TPSA) is 140 Å². The van der Waals surface area contributed by atoms with Gasteiger partial charge in [-0.3, -0.25) is 0 Å². The fraction of sp³-hybridized carbons (Fsp3) is 0.618. The third-order valence-electron chi connectivity index (χ3n) is 7.81. The molecule has 1 aliphatic heterocycles. The second-order valence-electron chi connectivity index (χ2n) is 14.2. The van der Waals surface area contributed by atoms with Gasteiger partial charge in [-0.2, -0.15) is 0 Å². The Morgan fingerprint density at radius 3 is 2.51 bits per heavy atom. The molecule has 11 heteroatoms. The van der Waals surface area contributed by atoms with E-state index in [0.717, 1.165) is 30.3 Å². The number of carboxylic acids is 1. The molecule has 11 nitrogen and oxygen atoms in total. The molecule has 2 amide bonds. The summed E-state index contributed by atoms with van der Waals surface area (Å²) >= 11 is 0. The van der Waals surface area contributed by atoms with E-state index in [1.807, 2.05) is 52.8 Å². The predicted octanol–water partition coefficient (Wildman–Crippen LogP) is 5.85. The molecule has 2 N–H and O–H groups in total. The van der Waals surface area contributed by atoms with Crippen molar-refractivity contribution in [3.05, 3.63) is 29.5 Å². The van der Waals surface area contributed by atoms with Gasteiger partial charge in [-0.05, 0) is 88.8 Å². The summed E-state index contributed by atoms with van der Waals surface area (Å²) in [6.45, 7) is 15.1. The molecular formula is C34H46N4O7. The normalized spacial score (nSPS) is 21.8. The Morgan fingerprint density at radius 2 is 1.84 bits per heavy atom. The summed E-state index contributed by atoms with van der Waals surface area (Å²) in [7, 11) is 0. The summed E-state index contributed by atoms with van der Waals surface area (Å²) in [5, 5.41) is 11.9. The number of benzene rings is 1. The van der Waals surface area contributed by atoms with Crippen molar-refractivity contribution in [3.8, 4) is 17.7 Å². The van der Waals surface area contributed by atoms with Crippen LogP contribution in [-0.2, 0) is 14.3 Å². The van der Waals surface area contributed by atoms with Gasteiger partial charge in [-0.1, -0.05) is 32.8 Å². The number of fused-ring (bicyclic) bond motifs is 1. The number of aliphatic carboxylic acids is 1. The Morgan fingerprint density at radius 1 is 1.11 bits per heavy atom. The number of aryl methyl sites for hydroxylation is 1. The maximum Gasteiger partial charge on any atom is 0.410 e. The summed E-state index contributed by atoms with van der Waals surface area (Å²) in [6.07, 6.45) is 2.09. The maximum atomic E-state index is 12.7. The van der Waals surface area contributed by atoms with Crippen LogP contribution in [0.1, 0.15) is 91.8 Å². The minimum atomic E-state index is -1.09. The van der Waals surface area contributed by atoms with E-state index >= 15 is 0 Å². The molecule has 4 rings (SSSR count). The van der Waals surface area contributed by atoms with Crippen LogP contribution in [-0.4, -0.2) is 74.6 Å². The standard InChI is InChI=1S/C34H46N4O7/c1-20-14-15-24-26(16-20)36-29(43-23-17-21(2)38(19-23)32(42)45-34(6,7)8)25(35-24)13-11-9-10-12-22-18-27(22)44-31(41)37-28(30(39)40)33(3,4)5/h14-16,21-23,27-28H,9-10,12,17-19H2,1-8H3,(H,37,41)(H,39,40)/t21-,22-,23-,27-,28-/m1/s1. The van der Waals surface area contributed by atoms with Crippen molar-refractivity contribution in [2.45, 2.75) is 117 Å². The van der Waals surface area contributed by atoms with E-state index < -0.39 is 29.1 Å². The average molecular weight is 623 g/mol. The Balaban J connectivity index is 1.34. The quantitative estimate of drug-likeness (QED) is 0.274. The third-order valence-corrected chi connectivity index (χ3v) is 7.81. The number of alkyl carbamates (subject to hydrolysis) is 1. The van der Waals surface area contributed by atoms with Crippen LogP contribution in [0.4, 0.5) is 9.59 Å².